The van der Waals surface area contributed by atoms with Crippen molar-refractivity contribution in [2.75, 3.05) is 0 Å². The zero-order chi connectivity index (χ0) is 13.1. The molecule has 0 bridgehead atoms. The molecular formula is C13H14Cl2N2O. The van der Waals surface area contributed by atoms with Crippen LogP contribution in [-0.4, -0.2) is 12.1 Å². The van der Waals surface area contributed by atoms with Crippen LogP contribution in [0.1, 0.15) is 25.3 Å². The molecule has 18 heavy (non-hydrogen) atoms. The van der Waals surface area contributed by atoms with Crippen LogP contribution < -0.4 is 10.1 Å². The predicted molar refractivity (Wildman–Crippen MR) is 72.0 cm³/mol. The van der Waals surface area contributed by atoms with Gasteiger partial charge < -0.3 is 10.1 Å². The average Bonchev–Trinajstić information content (AvgIpc) is 3.13. The predicted octanol–water partition coefficient (Wildman–Crippen LogP) is 3.54. The molecule has 1 aromatic rings. The topological polar surface area (TPSA) is 45.0 Å². The molecule has 1 fully saturated rings. The van der Waals surface area contributed by atoms with Gasteiger partial charge in [0.15, 0.2) is 6.10 Å². The lowest BCUT2D eigenvalue weighted by Crippen LogP contribution is -2.17. The van der Waals surface area contributed by atoms with Crippen LogP contribution in [0.5, 0.6) is 5.75 Å². The fourth-order valence-corrected chi connectivity index (χ4v) is 2.20. The second kappa shape index (κ2) is 5.79. The van der Waals surface area contributed by atoms with Crippen molar-refractivity contribution in [1.82, 2.24) is 5.32 Å². The molecule has 0 aliphatic heterocycles. The smallest absolute Gasteiger partial charge is 0.181 e. The summed E-state index contributed by atoms with van der Waals surface area (Å²) in [5.74, 6) is 0.545. The minimum absolute atomic E-state index is 0.442. The van der Waals surface area contributed by atoms with Gasteiger partial charge in [0.2, 0.25) is 0 Å². The molecule has 1 aliphatic carbocycles. The number of nitrogens with one attached hydrogen (secondary N) is 1. The number of nitrogens with zero attached hydrogens (tertiary/aromatic N) is 1. The van der Waals surface area contributed by atoms with E-state index in [1.807, 2.05) is 12.1 Å². The SMILES string of the molecule is CC(C#N)Oc1c(Cl)cc(Cl)cc1CNC1CC1. The number of halogens is 2. The largest absolute Gasteiger partial charge is 0.474 e. The standard InChI is InChI=1S/C13H14Cl2N2O/c1-8(6-16)18-13-9(7-17-11-2-3-11)4-10(14)5-12(13)15/h4-5,8,11,17H,2-3,7H2,1H3. The van der Waals surface area contributed by atoms with E-state index in [9.17, 15) is 0 Å². The molecule has 0 amide bonds. The summed E-state index contributed by atoms with van der Waals surface area (Å²) in [5.41, 5.74) is 0.890. The minimum Gasteiger partial charge on any atom is -0.474 e. The molecule has 2 rings (SSSR count). The Hall–Kier alpha value is -0.950. The van der Waals surface area contributed by atoms with Crippen molar-refractivity contribution >= 4 is 23.2 Å². The highest BCUT2D eigenvalue weighted by Gasteiger charge is 2.21. The van der Waals surface area contributed by atoms with Gasteiger partial charge in [0.1, 0.15) is 11.8 Å². The van der Waals surface area contributed by atoms with E-state index >= 15 is 0 Å². The summed E-state index contributed by atoms with van der Waals surface area (Å²) < 4.78 is 5.54. The van der Waals surface area contributed by atoms with Gasteiger partial charge in [0.05, 0.1) is 5.02 Å². The molecule has 1 aromatic carbocycles. The molecule has 0 spiro atoms. The molecule has 0 saturated heterocycles. The monoisotopic (exact) mass is 284 g/mol. The minimum atomic E-state index is -0.539. The van der Waals surface area contributed by atoms with Crippen LogP contribution in [-0.2, 0) is 6.54 Å². The van der Waals surface area contributed by atoms with Gasteiger partial charge in [0, 0.05) is 23.2 Å². The van der Waals surface area contributed by atoms with Crippen molar-refractivity contribution in [3.63, 3.8) is 0 Å². The number of nitriles is 1. The molecule has 0 radical (unpaired) electrons. The molecule has 1 atom stereocenters. The van der Waals surface area contributed by atoms with Gasteiger partial charge in [0.25, 0.3) is 0 Å². The van der Waals surface area contributed by atoms with E-state index in [0.29, 0.717) is 28.4 Å². The number of rotatable bonds is 5. The maximum absolute atomic E-state index is 8.80. The van der Waals surface area contributed by atoms with Crippen LogP contribution in [0.3, 0.4) is 0 Å². The van der Waals surface area contributed by atoms with Gasteiger partial charge in [-0.25, -0.2) is 0 Å². The highest BCUT2D eigenvalue weighted by molar-refractivity contribution is 6.35. The van der Waals surface area contributed by atoms with Crippen LogP contribution in [0.4, 0.5) is 0 Å². The van der Waals surface area contributed by atoms with E-state index in [1.165, 1.54) is 12.8 Å². The first-order valence-corrected chi connectivity index (χ1v) is 6.63. The van der Waals surface area contributed by atoms with Crippen LogP contribution >= 0.6 is 23.2 Å². The molecular weight excluding hydrogens is 271 g/mol. The molecule has 1 saturated carbocycles. The quantitative estimate of drug-likeness (QED) is 0.900. The first-order chi connectivity index (χ1) is 8.60. The highest BCUT2D eigenvalue weighted by atomic mass is 35.5. The first-order valence-electron chi connectivity index (χ1n) is 5.87. The van der Waals surface area contributed by atoms with Gasteiger partial charge in [-0.2, -0.15) is 5.26 Å². The number of hydrogen-bond acceptors (Lipinski definition) is 3. The van der Waals surface area contributed by atoms with Gasteiger partial charge in [-0.05, 0) is 31.9 Å². The molecule has 3 nitrogen and oxygen atoms in total. The Kier molecular flexibility index (Phi) is 4.34. The van der Waals surface area contributed by atoms with Crippen LogP contribution in [0.2, 0.25) is 10.0 Å². The lowest BCUT2D eigenvalue weighted by molar-refractivity contribution is 0.273. The van der Waals surface area contributed by atoms with Crippen molar-refractivity contribution in [3.8, 4) is 11.8 Å². The second-order valence-corrected chi connectivity index (χ2v) is 5.26. The molecule has 1 unspecified atom stereocenters. The van der Waals surface area contributed by atoms with Crippen molar-refractivity contribution in [2.45, 2.75) is 38.5 Å². The number of benzene rings is 1. The van der Waals surface area contributed by atoms with Gasteiger partial charge in [-0.3, -0.25) is 0 Å². The Morgan fingerprint density at radius 1 is 1.50 bits per heavy atom. The molecule has 1 N–H and O–H groups in total. The van der Waals surface area contributed by atoms with E-state index in [1.54, 1.807) is 13.0 Å². The van der Waals surface area contributed by atoms with E-state index in [2.05, 4.69) is 5.32 Å². The van der Waals surface area contributed by atoms with E-state index in [4.69, 9.17) is 33.2 Å². The van der Waals surface area contributed by atoms with E-state index in [0.717, 1.165) is 5.56 Å². The molecule has 1 aliphatic rings. The summed E-state index contributed by atoms with van der Waals surface area (Å²) >= 11 is 12.1. The zero-order valence-corrected chi connectivity index (χ0v) is 11.6. The Balaban J connectivity index is 2.19. The Labute approximate surface area is 117 Å². The summed E-state index contributed by atoms with van der Waals surface area (Å²) in [6.45, 7) is 2.33. The maximum Gasteiger partial charge on any atom is 0.181 e. The summed E-state index contributed by atoms with van der Waals surface area (Å²) in [4.78, 5) is 0. The third-order valence-corrected chi connectivity index (χ3v) is 3.22. The lowest BCUT2D eigenvalue weighted by atomic mass is 10.2. The van der Waals surface area contributed by atoms with Crippen molar-refractivity contribution in [1.29, 1.82) is 5.26 Å². The molecule has 0 aromatic heterocycles. The summed E-state index contributed by atoms with van der Waals surface area (Å²) in [7, 11) is 0. The van der Waals surface area contributed by atoms with Crippen molar-refractivity contribution < 1.29 is 4.74 Å². The Bertz CT molecular complexity index is 481. The fraction of sp³-hybridized carbons (Fsp3) is 0.462. The molecule has 0 heterocycles. The first kappa shape index (κ1) is 13.5. The van der Waals surface area contributed by atoms with Crippen LogP contribution in [0, 0.1) is 11.3 Å². The molecule has 96 valence electrons. The Morgan fingerprint density at radius 3 is 2.83 bits per heavy atom. The highest BCUT2D eigenvalue weighted by Crippen LogP contribution is 2.33. The third kappa shape index (κ3) is 3.52. The van der Waals surface area contributed by atoms with Gasteiger partial charge in [-0.15, -0.1) is 0 Å². The number of hydrogen-bond donors (Lipinski definition) is 1. The number of ether oxygens (including phenoxy) is 1. The van der Waals surface area contributed by atoms with Crippen molar-refractivity contribution in [3.05, 3.63) is 27.7 Å². The summed E-state index contributed by atoms with van der Waals surface area (Å²) in [6.07, 6.45) is 1.88. The maximum atomic E-state index is 8.80. The van der Waals surface area contributed by atoms with E-state index < -0.39 is 6.10 Å². The summed E-state index contributed by atoms with van der Waals surface area (Å²) in [5, 5.41) is 13.2. The van der Waals surface area contributed by atoms with Crippen LogP contribution in [0.25, 0.3) is 0 Å². The fourth-order valence-electron chi connectivity index (χ4n) is 1.62. The second-order valence-electron chi connectivity index (χ2n) is 4.42. The van der Waals surface area contributed by atoms with Gasteiger partial charge in [-0.1, -0.05) is 23.2 Å². The summed E-state index contributed by atoms with van der Waals surface area (Å²) in [6, 6.07) is 6.06. The third-order valence-electron chi connectivity index (χ3n) is 2.72. The van der Waals surface area contributed by atoms with Gasteiger partial charge >= 0.3 is 0 Å². The zero-order valence-electron chi connectivity index (χ0n) is 10.0. The van der Waals surface area contributed by atoms with E-state index in [-0.39, 0.29) is 0 Å². The normalized spacial score (nSPS) is 16.1. The molecule has 5 heteroatoms. The Morgan fingerprint density at radius 2 is 2.22 bits per heavy atom. The van der Waals surface area contributed by atoms with Crippen LogP contribution in [0.15, 0.2) is 12.1 Å². The average molecular weight is 285 g/mol. The lowest BCUT2D eigenvalue weighted by Gasteiger charge is -2.15. The van der Waals surface area contributed by atoms with Crippen molar-refractivity contribution in [2.24, 2.45) is 0 Å².